The monoisotopic (exact) mass is 517 g/mol. The standard InChI is InChI=1S/C30H32FN3O4/c1-29(2,3)28(35)27-30(15-17-32-18-16-30)25-21(31)13-14-24(38-19-20-9-5-4-6-10-20)26(25)33(27)22-11-7-8-12-23(22)34(36)37/h4-14,27,32H,15-19H2,1-3H3. The first-order valence-corrected chi connectivity index (χ1v) is 12.9. The largest absolute Gasteiger partial charge is 0.487 e. The molecule has 198 valence electrons. The van der Waals surface area contributed by atoms with E-state index in [0.717, 1.165) is 5.56 Å². The summed E-state index contributed by atoms with van der Waals surface area (Å²) in [4.78, 5) is 27.7. The Morgan fingerprint density at radius 1 is 1.08 bits per heavy atom. The molecule has 0 aromatic heterocycles. The van der Waals surface area contributed by atoms with Crippen molar-refractivity contribution in [2.75, 3.05) is 18.0 Å². The number of rotatable bonds is 6. The molecule has 1 spiro atoms. The molecule has 0 bridgehead atoms. The van der Waals surface area contributed by atoms with E-state index < -0.39 is 27.6 Å². The average Bonchev–Trinajstić information content (AvgIpc) is 3.18. The summed E-state index contributed by atoms with van der Waals surface area (Å²) in [5, 5.41) is 15.5. The molecular weight excluding hydrogens is 485 g/mol. The molecule has 8 heteroatoms. The summed E-state index contributed by atoms with van der Waals surface area (Å²) in [6, 6.07) is 18.1. The Morgan fingerprint density at radius 2 is 1.74 bits per heavy atom. The number of hydrogen-bond donors (Lipinski definition) is 1. The maximum Gasteiger partial charge on any atom is 0.292 e. The lowest BCUT2D eigenvalue weighted by molar-refractivity contribution is -0.384. The van der Waals surface area contributed by atoms with E-state index in [9.17, 15) is 14.9 Å². The van der Waals surface area contributed by atoms with Crippen molar-refractivity contribution in [1.29, 1.82) is 0 Å². The average molecular weight is 518 g/mol. The zero-order chi connectivity index (χ0) is 27.1. The van der Waals surface area contributed by atoms with Gasteiger partial charge in [0.2, 0.25) is 0 Å². The van der Waals surface area contributed by atoms with Crippen LogP contribution in [0.1, 0.15) is 44.7 Å². The fourth-order valence-electron chi connectivity index (χ4n) is 5.88. The number of nitrogens with zero attached hydrogens (tertiary/aromatic N) is 2. The van der Waals surface area contributed by atoms with E-state index in [0.29, 0.717) is 42.9 Å². The predicted molar refractivity (Wildman–Crippen MR) is 144 cm³/mol. The molecule has 2 aliphatic rings. The second-order valence-corrected chi connectivity index (χ2v) is 11.1. The summed E-state index contributed by atoms with van der Waals surface area (Å²) in [5.74, 6) is -0.130. The highest BCUT2D eigenvalue weighted by atomic mass is 19.1. The summed E-state index contributed by atoms with van der Waals surface area (Å²) in [5.41, 5.74) is 0.213. The van der Waals surface area contributed by atoms with Crippen LogP contribution < -0.4 is 15.0 Å². The lowest BCUT2D eigenvalue weighted by Gasteiger charge is -2.43. The molecule has 3 aromatic carbocycles. The zero-order valence-electron chi connectivity index (χ0n) is 21.9. The van der Waals surface area contributed by atoms with Crippen LogP contribution in [0.5, 0.6) is 5.75 Å². The highest BCUT2D eigenvalue weighted by molar-refractivity contribution is 6.00. The predicted octanol–water partition coefficient (Wildman–Crippen LogP) is 6.07. The fraction of sp³-hybridized carbons (Fsp3) is 0.367. The molecular formula is C30H32FN3O4. The molecule has 5 rings (SSSR count). The minimum Gasteiger partial charge on any atom is -0.487 e. The van der Waals surface area contributed by atoms with Gasteiger partial charge in [0.25, 0.3) is 5.69 Å². The van der Waals surface area contributed by atoms with E-state index in [4.69, 9.17) is 4.74 Å². The molecule has 0 amide bonds. The maximum atomic E-state index is 16.0. The van der Waals surface area contributed by atoms with Gasteiger partial charge in [-0.3, -0.25) is 14.9 Å². The zero-order valence-corrected chi connectivity index (χ0v) is 21.9. The number of ether oxygens (including phenoxy) is 1. The van der Waals surface area contributed by atoms with Crippen LogP contribution in [0.3, 0.4) is 0 Å². The van der Waals surface area contributed by atoms with Crippen LogP contribution in [0, 0.1) is 21.3 Å². The number of Topliss-reactive ketones (excluding diaryl/α,β-unsaturated/α-hetero) is 1. The Kier molecular flexibility index (Phi) is 6.69. The third-order valence-electron chi connectivity index (χ3n) is 7.67. The van der Waals surface area contributed by atoms with E-state index in [2.05, 4.69) is 5.32 Å². The molecule has 1 saturated heterocycles. The van der Waals surface area contributed by atoms with Gasteiger partial charge in [0.15, 0.2) is 5.78 Å². The Hall–Kier alpha value is -3.78. The molecule has 2 heterocycles. The fourth-order valence-corrected chi connectivity index (χ4v) is 5.88. The molecule has 0 aliphatic carbocycles. The number of piperidine rings is 1. The number of fused-ring (bicyclic) bond motifs is 2. The summed E-state index contributed by atoms with van der Waals surface area (Å²) < 4.78 is 22.3. The van der Waals surface area contributed by atoms with Gasteiger partial charge in [-0.2, -0.15) is 0 Å². The van der Waals surface area contributed by atoms with E-state index in [-0.39, 0.29) is 23.8 Å². The van der Waals surface area contributed by atoms with Gasteiger partial charge in [-0.05, 0) is 49.7 Å². The summed E-state index contributed by atoms with van der Waals surface area (Å²) in [6.45, 7) is 6.96. The van der Waals surface area contributed by atoms with Gasteiger partial charge in [-0.1, -0.05) is 63.2 Å². The van der Waals surface area contributed by atoms with Gasteiger partial charge in [-0.25, -0.2) is 4.39 Å². The molecule has 0 saturated carbocycles. The van der Waals surface area contributed by atoms with Crippen molar-refractivity contribution >= 4 is 22.8 Å². The molecule has 0 radical (unpaired) electrons. The number of nitro groups is 1. The lowest BCUT2D eigenvalue weighted by Crippen LogP contribution is -2.56. The van der Waals surface area contributed by atoms with Gasteiger partial charge >= 0.3 is 0 Å². The topological polar surface area (TPSA) is 84.7 Å². The van der Waals surface area contributed by atoms with Gasteiger partial charge in [0, 0.05) is 22.5 Å². The summed E-state index contributed by atoms with van der Waals surface area (Å²) in [7, 11) is 0. The van der Waals surface area contributed by atoms with Crippen LogP contribution in [0.25, 0.3) is 0 Å². The van der Waals surface area contributed by atoms with Crippen molar-refractivity contribution in [2.45, 2.75) is 51.7 Å². The van der Waals surface area contributed by atoms with Crippen molar-refractivity contribution in [3.8, 4) is 5.75 Å². The van der Waals surface area contributed by atoms with E-state index in [1.165, 1.54) is 12.1 Å². The van der Waals surface area contributed by atoms with Crippen molar-refractivity contribution in [1.82, 2.24) is 5.32 Å². The molecule has 1 N–H and O–H groups in total. The number of anilines is 2. The quantitative estimate of drug-likeness (QED) is 0.316. The van der Waals surface area contributed by atoms with E-state index in [1.807, 2.05) is 51.1 Å². The molecule has 1 unspecified atom stereocenters. The molecule has 2 aliphatic heterocycles. The second-order valence-electron chi connectivity index (χ2n) is 11.1. The summed E-state index contributed by atoms with van der Waals surface area (Å²) >= 11 is 0. The first-order valence-electron chi connectivity index (χ1n) is 12.9. The third kappa shape index (κ3) is 4.32. The number of para-hydroxylation sites is 2. The van der Waals surface area contributed by atoms with Crippen LogP contribution in [0.2, 0.25) is 0 Å². The smallest absolute Gasteiger partial charge is 0.292 e. The molecule has 1 fully saturated rings. The Morgan fingerprint density at radius 3 is 2.39 bits per heavy atom. The Balaban J connectivity index is 1.78. The second kappa shape index (κ2) is 9.83. The van der Waals surface area contributed by atoms with Crippen molar-refractivity contribution < 1.29 is 18.8 Å². The SMILES string of the molecule is CC(C)(C)C(=O)C1N(c2ccccc2[N+](=O)[O-])c2c(OCc3ccccc3)ccc(F)c2C12CCNCC2. The molecule has 1 atom stereocenters. The Labute approximate surface area is 221 Å². The lowest BCUT2D eigenvalue weighted by atomic mass is 9.65. The minimum absolute atomic E-state index is 0.0952. The highest BCUT2D eigenvalue weighted by Crippen LogP contribution is 2.59. The number of carbonyl (C=O) groups is 1. The highest BCUT2D eigenvalue weighted by Gasteiger charge is 2.59. The minimum atomic E-state index is -0.870. The van der Waals surface area contributed by atoms with Gasteiger partial charge < -0.3 is 15.0 Å². The molecule has 7 nitrogen and oxygen atoms in total. The first-order chi connectivity index (χ1) is 18.1. The van der Waals surface area contributed by atoms with Crippen molar-refractivity contribution in [3.05, 3.63) is 93.8 Å². The van der Waals surface area contributed by atoms with E-state index >= 15 is 4.39 Å². The Bertz CT molecular complexity index is 1360. The molecule has 38 heavy (non-hydrogen) atoms. The van der Waals surface area contributed by atoms with Crippen LogP contribution in [-0.2, 0) is 16.8 Å². The van der Waals surface area contributed by atoms with Crippen molar-refractivity contribution in [2.24, 2.45) is 5.41 Å². The van der Waals surface area contributed by atoms with Crippen molar-refractivity contribution in [3.63, 3.8) is 0 Å². The number of nitro benzene ring substituents is 1. The normalized spacial score (nSPS) is 18.3. The number of carbonyl (C=O) groups excluding carboxylic acids is 1. The van der Waals surface area contributed by atoms with Crippen LogP contribution in [0.4, 0.5) is 21.5 Å². The maximum absolute atomic E-state index is 16.0. The molecule has 3 aromatic rings. The van der Waals surface area contributed by atoms with Crippen LogP contribution >= 0.6 is 0 Å². The first kappa shape index (κ1) is 25.9. The van der Waals surface area contributed by atoms with Crippen LogP contribution in [-0.4, -0.2) is 29.8 Å². The van der Waals surface area contributed by atoms with Gasteiger partial charge in [0.05, 0.1) is 10.6 Å². The number of nitrogens with one attached hydrogen (secondary N) is 1. The third-order valence-corrected chi connectivity index (χ3v) is 7.67. The number of benzene rings is 3. The number of ketones is 1. The number of halogens is 1. The van der Waals surface area contributed by atoms with Gasteiger partial charge in [0.1, 0.15) is 29.9 Å². The van der Waals surface area contributed by atoms with E-state index in [1.54, 1.807) is 29.2 Å². The van der Waals surface area contributed by atoms with Crippen LogP contribution in [0.15, 0.2) is 66.7 Å². The number of hydrogen-bond acceptors (Lipinski definition) is 6. The van der Waals surface area contributed by atoms with Gasteiger partial charge in [-0.15, -0.1) is 0 Å². The summed E-state index contributed by atoms with van der Waals surface area (Å²) in [6.07, 6.45) is 1.03.